The van der Waals surface area contributed by atoms with Gasteiger partial charge in [0.25, 0.3) is 0 Å². The first-order valence-corrected chi connectivity index (χ1v) is 7.37. The molecule has 0 aliphatic carbocycles. The van der Waals surface area contributed by atoms with E-state index in [-0.39, 0.29) is 6.61 Å². The van der Waals surface area contributed by atoms with E-state index in [4.69, 9.17) is 9.84 Å². The number of benzene rings is 2. The number of aliphatic hydroxyl groups excluding tert-OH is 1. The van der Waals surface area contributed by atoms with Crippen molar-refractivity contribution >= 4 is 0 Å². The number of nitrogens with one attached hydrogen (secondary N) is 1. The summed E-state index contributed by atoms with van der Waals surface area (Å²) in [5.74, 6) is 0.912. The molecule has 112 valence electrons. The second-order valence-electron chi connectivity index (χ2n) is 5.14. The number of aliphatic hydroxyl groups is 1. The quantitative estimate of drug-likeness (QED) is 0.733. The topological polar surface area (TPSA) is 41.5 Å². The van der Waals surface area contributed by atoms with E-state index in [1.54, 1.807) is 0 Å². The van der Waals surface area contributed by atoms with E-state index in [1.807, 2.05) is 18.2 Å². The SMILES string of the molecule is Cc1ccc(COc2ccccc2CNCCCO)cc1. The molecule has 0 aromatic heterocycles. The van der Waals surface area contributed by atoms with E-state index >= 15 is 0 Å². The Morgan fingerprint density at radius 2 is 1.81 bits per heavy atom. The lowest BCUT2D eigenvalue weighted by Crippen LogP contribution is -2.16. The molecule has 3 heteroatoms. The van der Waals surface area contributed by atoms with Crippen molar-refractivity contribution in [2.45, 2.75) is 26.5 Å². The van der Waals surface area contributed by atoms with Crippen molar-refractivity contribution in [1.29, 1.82) is 0 Å². The van der Waals surface area contributed by atoms with Crippen molar-refractivity contribution in [3.63, 3.8) is 0 Å². The highest BCUT2D eigenvalue weighted by molar-refractivity contribution is 5.33. The summed E-state index contributed by atoms with van der Waals surface area (Å²) in [6.45, 7) is 4.44. The number of rotatable bonds is 8. The average Bonchev–Trinajstić information content (AvgIpc) is 2.52. The van der Waals surface area contributed by atoms with Gasteiger partial charge in [0.1, 0.15) is 12.4 Å². The first-order chi connectivity index (χ1) is 10.3. The van der Waals surface area contributed by atoms with Gasteiger partial charge >= 0.3 is 0 Å². The minimum atomic E-state index is 0.221. The molecule has 2 aromatic carbocycles. The van der Waals surface area contributed by atoms with Gasteiger partial charge < -0.3 is 15.2 Å². The molecule has 0 saturated carbocycles. The van der Waals surface area contributed by atoms with E-state index in [0.29, 0.717) is 6.61 Å². The molecule has 0 saturated heterocycles. The van der Waals surface area contributed by atoms with Crippen LogP contribution >= 0.6 is 0 Å². The van der Waals surface area contributed by atoms with Crippen LogP contribution in [-0.2, 0) is 13.2 Å². The van der Waals surface area contributed by atoms with Crippen molar-refractivity contribution in [3.05, 3.63) is 65.2 Å². The first-order valence-electron chi connectivity index (χ1n) is 7.37. The van der Waals surface area contributed by atoms with E-state index in [2.05, 4.69) is 42.6 Å². The molecule has 0 aliphatic rings. The van der Waals surface area contributed by atoms with E-state index in [9.17, 15) is 0 Å². The Morgan fingerprint density at radius 3 is 2.57 bits per heavy atom. The second-order valence-corrected chi connectivity index (χ2v) is 5.14. The van der Waals surface area contributed by atoms with Crippen LogP contribution in [0.3, 0.4) is 0 Å². The predicted molar refractivity (Wildman–Crippen MR) is 85.4 cm³/mol. The zero-order valence-electron chi connectivity index (χ0n) is 12.5. The molecule has 0 amide bonds. The Bertz CT molecular complexity index is 537. The van der Waals surface area contributed by atoms with Gasteiger partial charge in [-0.15, -0.1) is 0 Å². The third-order valence-electron chi connectivity index (χ3n) is 3.31. The van der Waals surface area contributed by atoms with Crippen molar-refractivity contribution in [3.8, 4) is 5.75 Å². The van der Waals surface area contributed by atoms with Crippen LogP contribution in [0.2, 0.25) is 0 Å². The van der Waals surface area contributed by atoms with Crippen molar-refractivity contribution in [2.24, 2.45) is 0 Å². The summed E-state index contributed by atoms with van der Waals surface area (Å²) in [6.07, 6.45) is 0.770. The Balaban J connectivity index is 1.91. The molecule has 2 rings (SSSR count). The maximum absolute atomic E-state index is 8.78. The molecular weight excluding hydrogens is 262 g/mol. The normalized spacial score (nSPS) is 10.6. The fourth-order valence-corrected chi connectivity index (χ4v) is 2.06. The summed E-state index contributed by atoms with van der Waals surface area (Å²) in [4.78, 5) is 0. The molecule has 21 heavy (non-hydrogen) atoms. The molecule has 0 bridgehead atoms. The minimum Gasteiger partial charge on any atom is -0.489 e. The van der Waals surface area contributed by atoms with Crippen LogP contribution in [0.4, 0.5) is 0 Å². The summed E-state index contributed by atoms with van der Waals surface area (Å²) >= 11 is 0. The molecule has 3 nitrogen and oxygen atoms in total. The van der Waals surface area contributed by atoms with Gasteiger partial charge in [-0.25, -0.2) is 0 Å². The monoisotopic (exact) mass is 285 g/mol. The van der Waals surface area contributed by atoms with E-state index in [0.717, 1.165) is 30.8 Å². The van der Waals surface area contributed by atoms with Gasteiger partial charge in [0.05, 0.1) is 0 Å². The lowest BCUT2D eigenvalue weighted by Gasteiger charge is -2.12. The van der Waals surface area contributed by atoms with Crippen LogP contribution < -0.4 is 10.1 Å². The summed E-state index contributed by atoms with van der Waals surface area (Å²) < 4.78 is 5.93. The van der Waals surface area contributed by atoms with Crippen LogP contribution in [0.25, 0.3) is 0 Å². The van der Waals surface area contributed by atoms with Crippen molar-refractivity contribution < 1.29 is 9.84 Å². The maximum atomic E-state index is 8.78. The Morgan fingerprint density at radius 1 is 1.05 bits per heavy atom. The Labute approximate surface area is 126 Å². The van der Waals surface area contributed by atoms with E-state index < -0.39 is 0 Å². The molecule has 0 spiro atoms. The molecule has 0 atom stereocenters. The highest BCUT2D eigenvalue weighted by Gasteiger charge is 2.03. The number of ether oxygens (including phenoxy) is 1. The molecule has 2 aromatic rings. The van der Waals surface area contributed by atoms with Crippen LogP contribution in [0.1, 0.15) is 23.1 Å². The fraction of sp³-hybridized carbons (Fsp3) is 0.333. The fourth-order valence-electron chi connectivity index (χ4n) is 2.06. The summed E-state index contributed by atoms with van der Waals surface area (Å²) in [6, 6.07) is 16.5. The van der Waals surface area contributed by atoms with Gasteiger partial charge in [-0.05, 0) is 31.5 Å². The lowest BCUT2D eigenvalue weighted by molar-refractivity contribution is 0.285. The molecule has 0 unspecified atom stereocenters. The van der Waals surface area contributed by atoms with Gasteiger partial charge in [-0.1, -0.05) is 48.0 Å². The number of hydrogen-bond donors (Lipinski definition) is 2. The minimum absolute atomic E-state index is 0.221. The molecule has 0 aliphatic heterocycles. The smallest absolute Gasteiger partial charge is 0.124 e. The number of hydrogen-bond acceptors (Lipinski definition) is 3. The molecule has 0 radical (unpaired) electrons. The standard InChI is InChI=1S/C18H23NO2/c1-15-7-9-16(10-8-15)14-21-18-6-3-2-5-17(18)13-19-11-4-12-20/h2-3,5-10,19-20H,4,11-14H2,1H3. The van der Waals surface area contributed by atoms with E-state index in [1.165, 1.54) is 11.1 Å². The average molecular weight is 285 g/mol. The van der Waals surface area contributed by atoms with Crippen LogP contribution in [0.5, 0.6) is 5.75 Å². The first kappa shape index (κ1) is 15.5. The van der Waals surface area contributed by atoms with Crippen molar-refractivity contribution in [2.75, 3.05) is 13.2 Å². The van der Waals surface area contributed by atoms with Gasteiger partial charge in [-0.3, -0.25) is 0 Å². The van der Waals surface area contributed by atoms with Gasteiger partial charge in [-0.2, -0.15) is 0 Å². The Kier molecular flexibility index (Phi) is 6.25. The zero-order chi connectivity index (χ0) is 14.9. The summed E-state index contributed by atoms with van der Waals surface area (Å²) in [5, 5.41) is 12.1. The zero-order valence-corrected chi connectivity index (χ0v) is 12.5. The highest BCUT2D eigenvalue weighted by atomic mass is 16.5. The second kappa shape index (κ2) is 8.45. The molecule has 0 fully saturated rings. The predicted octanol–water partition coefficient (Wildman–Crippen LogP) is 3.05. The maximum Gasteiger partial charge on any atom is 0.124 e. The number of aryl methyl sites for hydroxylation is 1. The largest absolute Gasteiger partial charge is 0.489 e. The molecule has 0 heterocycles. The van der Waals surface area contributed by atoms with Gasteiger partial charge in [0, 0.05) is 18.7 Å². The van der Waals surface area contributed by atoms with Gasteiger partial charge in [0.2, 0.25) is 0 Å². The summed E-state index contributed by atoms with van der Waals surface area (Å²) in [5.41, 5.74) is 3.57. The van der Waals surface area contributed by atoms with Crippen LogP contribution in [-0.4, -0.2) is 18.3 Å². The van der Waals surface area contributed by atoms with Gasteiger partial charge in [0.15, 0.2) is 0 Å². The molecule has 2 N–H and O–H groups in total. The van der Waals surface area contributed by atoms with Crippen LogP contribution in [0, 0.1) is 6.92 Å². The molecular formula is C18H23NO2. The Hall–Kier alpha value is -1.84. The van der Waals surface area contributed by atoms with Crippen LogP contribution in [0.15, 0.2) is 48.5 Å². The number of para-hydroxylation sites is 1. The highest BCUT2D eigenvalue weighted by Crippen LogP contribution is 2.19. The summed E-state index contributed by atoms with van der Waals surface area (Å²) in [7, 11) is 0. The third kappa shape index (κ3) is 5.21. The van der Waals surface area contributed by atoms with Crippen molar-refractivity contribution in [1.82, 2.24) is 5.32 Å². The lowest BCUT2D eigenvalue weighted by atomic mass is 10.1. The third-order valence-corrected chi connectivity index (χ3v) is 3.31.